The van der Waals surface area contributed by atoms with Gasteiger partial charge in [0.05, 0.1) is 16.5 Å². The predicted octanol–water partition coefficient (Wildman–Crippen LogP) is 9.36. The fourth-order valence-electron chi connectivity index (χ4n) is 13.8. The number of fused-ring (bicyclic) bond motifs is 7. The first-order valence-electron chi connectivity index (χ1n) is 20.8. The molecule has 0 heterocycles. The summed E-state index contributed by atoms with van der Waals surface area (Å²) >= 11 is 0. The molecule has 5 fully saturated rings. The lowest BCUT2D eigenvalue weighted by atomic mass is 9.32. The van der Waals surface area contributed by atoms with Gasteiger partial charge in [0.2, 0.25) is 0 Å². The number of carboxylic acid groups (broad SMARTS) is 1. The normalized spacial score (nSPS) is 36.8. The monoisotopic (exact) mass is 767 g/mol. The highest BCUT2D eigenvalue weighted by atomic mass is 16.7. The third-order valence-electron chi connectivity index (χ3n) is 16.7. The average molecular weight is 768 g/mol. The van der Waals surface area contributed by atoms with Gasteiger partial charge in [-0.05, 0) is 135 Å². The van der Waals surface area contributed by atoms with E-state index in [1.807, 2.05) is 30.3 Å². The number of hydroxylamine groups is 1. The predicted molar refractivity (Wildman–Crippen MR) is 212 cm³/mol. The SMILES string of the molecule is C=C(C)[C@@H]1CC[C@]2(C(=O)OCc3ccccc3)CC[C@]3(C)C(CCC4[C@@]5(C)CC[C@H](OC(=O)CNOC(=O)c6ccccc6C(=O)O)C(C)(C)C5CC[C@]43C)C12. The zero-order valence-corrected chi connectivity index (χ0v) is 34.2. The molecule has 2 aromatic rings. The van der Waals surface area contributed by atoms with Gasteiger partial charge >= 0.3 is 23.9 Å². The standard InChI is InChI=1S/C47H61NO8/c1-29(2)31-19-24-47(42(53)54-28-30-13-9-8-10-14-30)26-25-45(6)34(39(31)47)17-18-36-44(5)22-21-37(43(3,4)35(44)20-23-46(36,45)7)55-38(49)27-48-56-41(52)33-16-12-11-15-32(33)40(50)51/h8-16,31,34-37,39,48H,1,17-28H2,2-7H3,(H,50,51)/t31-,34?,35?,36?,37-,39?,44-,45+,46+,47-/m0/s1. The van der Waals surface area contributed by atoms with Crippen LogP contribution < -0.4 is 5.48 Å². The Labute approximate surface area is 332 Å². The van der Waals surface area contributed by atoms with Crippen molar-refractivity contribution >= 4 is 23.9 Å². The van der Waals surface area contributed by atoms with E-state index >= 15 is 0 Å². The van der Waals surface area contributed by atoms with Crippen molar-refractivity contribution in [3.63, 3.8) is 0 Å². The second-order valence-electron chi connectivity index (χ2n) is 19.3. The first kappa shape index (κ1) is 40.2. The second kappa shape index (κ2) is 14.8. The smallest absolute Gasteiger partial charge is 0.357 e. The quantitative estimate of drug-likeness (QED) is 0.105. The summed E-state index contributed by atoms with van der Waals surface area (Å²) in [6, 6.07) is 15.8. The highest BCUT2D eigenvalue weighted by Crippen LogP contribution is 2.77. The summed E-state index contributed by atoms with van der Waals surface area (Å²) in [6.07, 6.45) is 9.55. The van der Waals surface area contributed by atoms with E-state index in [4.69, 9.17) is 14.3 Å². The summed E-state index contributed by atoms with van der Waals surface area (Å²) in [5.74, 6) is -0.829. The van der Waals surface area contributed by atoms with Gasteiger partial charge in [-0.15, -0.1) is 5.48 Å². The number of hydrogen-bond donors (Lipinski definition) is 2. The Morgan fingerprint density at radius 3 is 2.18 bits per heavy atom. The van der Waals surface area contributed by atoms with E-state index in [1.165, 1.54) is 23.8 Å². The molecule has 0 aromatic heterocycles. The molecule has 0 radical (unpaired) electrons. The van der Waals surface area contributed by atoms with E-state index in [9.17, 15) is 24.3 Å². The zero-order valence-electron chi connectivity index (χ0n) is 34.2. The van der Waals surface area contributed by atoms with Crippen molar-refractivity contribution in [3.8, 4) is 0 Å². The fourth-order valence-corrected chi connectivity index (χ4v) is 13.8. The van der Waals surface area contributed by atoms with E-state index < -0.39 is 23.3 Å². The topological polar surface area (TPSA) is 128 Å². The second-order valence-corrected chi connectivity index (χ2v) is 19.3. The largest absolute Gasteiger partial charge is 0.478 e. The number of carboxylic acids is 1. The van der Waals surface area contributed by atoms with E-state index in [-0.39, 0.29) is 57.3 Å². The molecule has 0 spiro atoms. The van der Waals surface area contributed by atoms with E-state index in [0.717, 1.165) is 69.8 Å². The van der Waals surface area contributed by atoms with Crippen LogP contribution in [-0.4, -0.2) is 41.6 Å². The number of hydrogen-bond acceptors (Lipinski definition) is 8. The molecule has 9 heteroatoms. The molecule has 7 rings (SSSR count). The minimum absolute atomic E-state index is 0.00778. The fraction of sp³-hybridized carbons (Fsp3) is 0.617. The first-order chi connectivity index (χ1) is 26.5. The minimum atomic E-state index is -1.24. The molecule has 0 saturated heterocycles. The highest BCUT2D eigenvalue weighted by molar-refractivity contribution is 6.02. The van der Waals surface area contributed by atoms with Crippen LogP contribution in [0.15, 0.2) is 66.7 Å². The molecular weight excluding hydrogens is 707 g/mol. The molecule has 10 atom stereocenters. The Hall–Kier alpha value is -3.98. The molecule has 0 bridgehead atoms. The van der Waals surface area contributed by atoms with Gasteiger partial charge in [-0.2, -0.15) is 0 Å². The lowest BCUT2D eigenvalue weighted by molar-refractivity contribution is -0.251. The summed E-state index contributed by atoms with van der Waals surface area (Å²) in [4.78, 5) is 56.7. The molecule has 4 unspecified atom stereocenters. The first-order valence-corrected chi connectivity index (χ1v) is 20.8. The number of carbonyl (C=O) groups excluding carboxylic acids is 3. The van der Waals surface area contributed by atoms with Crippen LogP contribution in [0.2, 0.25) is 0 Å². The summed E-state index contributed by atoms with van der Waals surface area (Å²) in [5.41, 5.74) is 3.82. The lowest BCUT2D eigenvalue weighted by Gasteiger charge is -2.72. The van der Waals surface area contributed by atoms with Gasteiger partial charge in [0.15, 0.2) is 0 Å². The number of aromatic carboxylic acids is 1. The summed E-state index contributed by atoms with van der Waals surface area (Å²) in [5, 5.41) is 9.42. The summed E-state index contributed by atoms with van der Waals surface area (Å²) in [6.45, 7) is 18.8. The maximum Gasteiger partial charge on any atom is 0.357 e. The van der Waals surface area contributed by atoms with Gasteiger partial charge in [0.1, 0.15) is 19.3 Å². The molecule has 2 aromatic carbocycles. The molecule has 0 aliphatic heterocycles. The third kappa shape index (κ3) is 6.40. The van der Waals surface area contributed by atoms with Gasteiger partial charge < -0.3 is 19.4 Å². The molecule has 5 saturated carbocycles. The van der Waals surface area contributed by atoms with Crippen molar-refractivity contribution in [1.82, 2.24) is 5.48 Å². The van der Waals surface area contributed by atoms with Crippen LogP contribution in [0.1, 0.15) is 132 Å². The lowest BCUT2D eigenvalue weighted by Crippen LogP contribution is -2.67. The van der Waals surface area contributed by atoms with Crippen LogP contribution in [-0.2, 0) is 30.5 Å². The van der Waals surface area contributed by atoms with Crippen molar-refractivity contribution in [2.45, 2.75) is 118 Å². The van der Waals surface area contributed by atoms with Crippen molar-refractivity contribution in [3.05, 3.63) is 83.4 Å². The van der Waals surface area contributed by atoms with Crippen molar-refractivity contribution < 1.29 is 38.6 Å². The van der Waals surface area contributed by atoms with Gasteiger partial charge in [0.25, 0.3) is 0 Å². The summed E-state index contributed by atoms with van der Waals surface area (Å²) in [7, 11) is 0. The number of benzene rings is 2. The average Bonchev–Trinajstić information content (AvgIpc) is 3.57. The molecule has 56 heavy (non-hydrogen) atoms. The van der Waals surface area contributed by atoms with Gasteiger partial charge in [0, 0.05) is 5.41 Å². The van der Waals surface area contributed by atoms with Crippen LogP contribution in [0, 0.1) is 56.7 Å². The summed E-state index contributed by atoms with van der Waals surface area (Å²) < 4.78 is 12.3. The van der Waals surface area contributed by atoms with E-state index in [1.54, 1.807) is 6.07 Å². The Morgan fingerprint density at radius 1 is 0.786 bits per heavy atom. The van der Waals surface area contributed by atoms with Crippen LogP contribution in [0.25, 0.3) is 0 Å². The number of rotatable bonds is 10. The van der Waals surface area contributed by atoms with Crippen LogP contribution in [0.3, 0.4) is 0 Å². The van der Waals surface area contributed by atoms with Crippen LogP contribution >= 0.6 is 0 Å². The van der Waals surface area contributed by atoms with Gasteiger partial charge in [-0.3, -0.25) is 9.59 Å². The van der Waals surface area contributed by atoms with E-state index in [0.29, 0.717) is 30.3 Å². The van der Waals surface area contributed by atoms with Crippen LogP contribution in [0.4, 0.5) is 0 Å². The van der Waals surface area contributed by atoms with Crippen LogP contribution in [0.5, 0.6) is 0 Å². The van der Waals surface area contributed by atoms with Crippen molar-refractivity contribution in [2.24, 2.45) is 56.7 Å². The number of carbonyl (C=O) groups is 4. The molecule has 302 valence electrons. The number of nitrogens with one attached hydrogen (secondary N) is 1. The molecule has 9 nitrogen and oxygen atoms in total. The maximum absolute atomic E-state index is 14.4. The Bertz CT molecular complexity index is 1870. The van der Waals surface area contributed by atoms with Gasteiger partial charge in [-0.25, -0.2) is 9.59 Å². The number of ether oxygens (including phenoxy) is 2. The Kier molecular flexibility index (Phi) is 10.6. The minimum Gasteiger partial charge on any atom is -0.478 e. The van der Waals surface area contributed by atoms with Crippen molar-refractivity contribution in [1.29, 1.82) is 0 Å². The van der Waals surface area contributed by atoms with E-state index in [2.05, 4.69) is 53.6 Å². The molecular formula is C47H61NO8. The molecule has 2 N–H and O–H groups in total. The Balaban J connectivity index is 1.04. The maximum atomic E-state index is 14.4. The zero-order chi connectivity index (χ0) is 40.3. The molecule has 5 aliphatic carbocycles. The van der Waals surface area contributed by atoms with Crippen molar-refractivity contribution in [2.75, 3.05) is 6.54 Å². The highest BCUT2D eigenvalue weighted by Gasteiger charge is 2.72. The third-order valence-corrected chi connectivity index (χ3v) is 16.7. The number of esters is 2. The number of allylic oxidation sites excluding steroid dienone is 1. The van der Waals surface area contributed by atoms with Gasteiger partial charge in [-0.1, -0.05) is 89.2 Å². The molecule has 0 amide bonds. The molecule has 5 aliphatic rings. The Morgan fingerprint density at radius 2 is 1.48 bits per heavy atom.